The van der Waals surface area contributed by atoms with Crippen molar-refractivity contribution in [1.82, 2.24) is 9.62 Å². The molecular weight excluding hydrogens is 279 g/mol. The molecular formula is C14H21FN2O2S. The quantitative estimate of drug-likeness (QED) is 0.920. The topological polar surface area (TPSA) is 49.4 Å². The van der Waals surface area contributed by atoms with E-state index in [-0.39, 0.29) is 5.82 Å². The molecule has 112 valence electrons. The van der Waals surface area contributed by atoms with Gasteiger partial charge in [-0.3, -0.25) is 0 Å². The van der Waals surface area contributed by atoms with E-state index in [4.69, 9.17) is 0 Å². The molecule has 0 unspecified atom stereocenters. The maximum Gasteiger partial charge on any atom is 0.211 e. The highest BCUT2D eigenvalue weighted by atomic mass is 32.2. The molecule has 0 saturated carbocycles. The van der Waals surface area contributed by atoms with Crippen molar-refractivity contribution in [3.05, 3.63) is 35.1 Å². The number of hydrogen-bond acceptors (Lipinski definition) is 3. The number of hydrogen-bond donors (Lipinski definition) is 1. The number of nitrogens with zero attached hydrogens (tertiary/aromatic N) is 1. The van der Waals surface area contributed by atoms with Gasteiger partial charge in [-0.2, -0.15) is 0 Å². The highest BCUT2D eigenvalue weighted by Gasteiger charge is 2.24. The molecule has 0 spiro atoms. The van der Waals surface area contributed by atoms with Crippen molar-refractivity contribution in [3.63, 3.8) is 0 Å². The fourth-order valence-corrected chi connectivity index (χ4v) is 3.38. The first-order valence-electron chi connectivity index (χ1n) is 6.80. The van der Waals surface area contributed by atoms with E-state index in [9.17, 15) is 12.8 Å². The zero-order valence-corrected chi connectivity index (χ0v) is 12.7. The SMILES string of the molecule is Cc1cc(F)ccc1CNC1CCN(S(C)(=O)=O)CC1. The van der Waals surface area contributed by atoms with E-state index in [1.165, 1.54) is 22.7 Å². The number of sulfonamides is 1. The Kier molecular flexibility index (Phi) is 4.78. The second-order valence-electron chi connectivity index (χ2n) is 5.39. The van der Waals surface area contributed by atoms with Gasteiger partial charge >= 0.3 is 0 Å². The van der Waals surface area contributed by atoms with E-state index in [1.54, 1.807) is 6.07 Å². The van der Waals surface area contributed by atoms with Crippen LogP contribution >= 0.6 is 0 Å². The molecule has 1 aromatic carbocycles. The Morgan fingerprint density at radius 1 is 1.35 bits per heavy atom. The number of aryl methyl sites for hydroxylation is 1. The Hall–Kier alpha value is -0.980. The first-order valence-corrected chi connectivity index (χ1v) is 8.64. The Labute approximate surface area is 120 Å². The third-order valence-electron chi connectivity index (χ3n) is 3.81. The fraction of sp³-hybridized carbons (Fsp3) is 0.571. The van der Waals surface area contributed by atoms with Crippen molar-refractivity contribution in [2.75, 3.05) is 19.3 Å². The van der Waals surface area contributed by atoms with Gasteiger partial charge in [0, 0.05) is 25.7 Å². The Morgan fingerprint density at radius 2 is 2.00 bits per heavy atom. The molecule has 1 N–H and O–H groups in total. The lowest BCUT2D eigenvalue weighted by Crippen LogP contribution is -2.44. The van der Waals surface area contributed by atoms with E-state index in [0.717, 1.165) is 24.0 Å². The van der Waals surface area contributed by atoms with E-state index < -0.39 is 10.0 Å². The average Bonchev–Trinajstić information content (AvgIpc) is 2.37. The van der Waals surface area contributed by atoms with Crippen LogP contribution in [-0.2, 0) is 16.6 Å². The van der Waals surface area contributed by atoms with Gasteiger partial charge in [0.05, 0.1) is 6.26 Å². The minimum absolute atomic E-state index is 0.215. The molecule has 4 nitrogen and oxygen atoms in total. The van der Waals surface area contributed by atoms with Gasteiger partial charge in [-0.1, -0.05) is 6.07 Å². The third kappa shape index (κ3) is 4.01. The number of halogens is 1. The molecule has 0 aliphatic carbocycles. The molecule has 1 aliphatic rings. The maximum atomic E-state index is 13.0. The summed E-state index contributed by atoms with van der Waals surface area (Å²) in [4.78, 5) is 0. The molecule has 0 amide bonds. The molecule has 0 aromatic heterocycles. The number of piperidine rings is 1. The van der Waals surface area contributed by atoms with Crippen LogP contribution in [0.25, 0.3) is 0 Å². The van der Waals surface area contributed by atoms with Gasteiger partial charge in [0.2, 0.25) is 10.0 Å². The highest BCUT2D eigenvalue weighted by Crippen LogP contribution is 2.15. The number of benzene rings is 1. The van der Waals surface area contributed by atoms with Gasteiger partial charge in [-0.25, -0.2) is 17.1 Å². The standard InChI is InChI=1S/C14H21FN2O2S/c1-11-9-13(15)4-3-12(11)10-16-14-5-7-17(8-6-14)20(2,18)19/h3-4,9,14,16H,5-8,10H2,1-2H3. The molecule has 1 saturated heterocycles. The largest absolute Gasteiger partial charge is 0.310 e. The predicted octanol–water partition coefficient (Wildman–Crippen LogP) is 1.65. The molecule has 0 radical (unpaired) electrons. The van der Waals surface area contributed by atoms with Crippen molar-refractivity contribution in [2.24, 2.45) is 0 Å². The van der Waals surface area contributed by atoms with Crippen LogP contribution in [0.5, 0.6) is 0 Å². The second-order valence-corrected chi connectivity index (χ2v) is 7.37. The molecule has 1 aromatic rings. The molecule has 1 fully saturated rings. The van der Waals surface area contributed by atoms with Crippen molar-refractivity contribution < 1.29 is 12.8 Å². The van der Waals surface area contributed by atoms with Crippen LogP contribution in [-0.4, -0.2) is 38.1 Å². The van der Waals surface area contributed by atoms with E-state index in [2.05, 4.69) is 5.32 Å². The zero-order chi connectivity index (χ0) is 14.8. The summed E-state index contributed by atoms with van der Waals surface area (Å²) in [6.07, 6.45) is 2.88. The Balaban J connectivity index is 1.84. The zero-order valence-electron chi connectivity index (χ0n) is 11.9. The molecule has 0 bridgehead atoms. The van der Waals surface area contributed by atoms with Crippen LogP contribution < -0.4 is 5.32 Å². The molecule has 2 rings (SSSR count). The Morgan fingerprint density at radius 3 is 2.55 bits per heavy atom. The maximum absolute atomic E-state index is 13.0. The van der Waals surface area contributed by atoms with Gasteiger partial charge in [0.25, 0.3) is 0 Å². The number of nitrogens with one attached hydrogen (secondary N) is 1. The summed E-state index contributed by atoms with van der Waals surface area (Å²) in [7, 11) is -3.06. The first-order chi connectivity index (χ1) is 9.36. The number of rotatable bonds is 4. The van der Waals surface area contributed by atoms with Gasteiger partial charge in [0.15, 0.2) is 0 Å². The van der Waals surface area contributed by atoms with Crippen molar-refractivity contribution in [3.8, 4) is 0 Å². The summed E-state index contributed by atoms with van der Waals surface area (Å²) < 4.78 is 37.4. The second kappa shape index (κ2) is 6.20. The monoisotopic (exact) mass is 300 g/mol. The minimum Gasteiger partial charge on any atom is -0.310 e. The van der Waals surface area contributed by atoms with Crippen molar-refractivity contribution in [1.29, 1.82) is 0 Å². The summed E-state index contributed by atoms with van der Waals surface area (Å²) in [5, 5.41) is 3.43. The van der Waals surface area contributed by atoms with Crippen LogP contribution in [0.2, 0.25) is 0 Å². The average molecular weight is 300 g/mol. The summed E-state index contributed by atoms with van der Waals surface area (Å²) in [5.41, 5.74) is 2.02. The molecule has 1 aliphatic heterocycles. The first kappa shape index (κ1) is 15.4. The Bertz CT molecular complexity index is 567. The highest BCUT2D eigenvalue weighted by molar-refractivity contribution is 7.88. The van der Waals surface area contributed by atoms with E-state index >= 15 is 0 Å². The molecule has 1 heterocycles. The molecule has 6 heteroatoms. The lowest BCUT2D eigenvalue weighted by Gasteiger charge is -2.30. The van der Waals surface area contributed by atoms with Crippen molar-refractivity contribution in [2.45, 2.75) is 32.4 Å². The fourth-order valence-electron chi connectivity index (χ4n) is 2.50. The predicted molar refractivity (Wildman–Crippen MR) is 77.4 cm³/mol. The lowest BCUT2D eigenvalue weighted by atomic mass is 10.0. The van der Waals surface area contributed by atoms with Crippen molar-refractivity contribution >= 4 is 10.0 Å². The van der Waals surface area contributed by atoms with E-state index in [0.29, 0.717) is 25.7 Å². The smallest absolute Gasteiger partial charge is 0.211 e. The van der Waals surface area contributed by atoms with Crippen LogP contribution in [0, 0.1) is 12.7 Å². The third-order valence-corrected chi connectivity index (χ3v) is 5.11. The van der Waals surface area contributed by atoms with Gasteiger partial charge in [-0.05, 0) is 43.0 Å². The summed E-state index contributed by atoms with van der Waals surface area (Å²) >= 11 is 0. The van der Waals surface area contributed by atoms with Crippen LogP contribution in [0.4, 0.5) is 4.39 Å². The van der Waals surface area contributed by atoms with Crippen LogP contribution in [0.3, 0.4) is 0 Å². The molecule has 20 heavy (non-hydrogen) atoms. The normalized spacial score (nSPS) is 18.4. The van der Waals surface area contributed by atoms with Gasteiger partial charge in [0.1, 0.15) is 5.82 Å². The summed E-state index contributed by atoms with van der Waals surface area (Å²) in [5.74, 6) is -0.215. The van der Waals surface area contributed by atoms with Gasteiger partial charge < -0.3 is 5.32 Å². The lowest BCUT2D eigenvalue weighted by molar-refractivity contribution is 0.290. The van der Waals surface area contributed by atoms with Gasteiger partial charge in [-0.15, -0.1) is 0 Å². The summed E-state index contributed by atoms with van der Waals surface area (Å²) in [6.45, 7) is 3.72. The van der Waals surface area contributed by atoms with E-state index in [1.807, 2.05) is 6.92 Å². The van der Waals surface area contributed by atoms with Crippen LogP contribution in [0.15, 0.2) is 18.2 Å². The minimum atomic E-state index is -3.06. The molecule has 0 atom stereocenters. The van der Waals surface area contributed by atoms with Crippen LogP contribution in [0.1, 0.15) is 24.0 Å². The summed E-state index contributed by atoms with van der Waals surface area (Å²) in [6, 6.07) is 5.11.